The van der Waals surface area contributed by atoms with Crippen molar-refractivity contribution in [1.82, 2.24) is 20.1 Å². The van der Waals surface area contributed by atoms with Crippen LogP contribution in [0.3, 0.4) is 0 Å². The minimum atomic E-state index is -0.232. The number of hydrogen-bond donors (Lipinski definition) is 2. The molecule has 0 saturated heterocycles. The van der Waals surface area contributed by atoms with Crippen LogP contribution < -0.4 is 10.6 Å². The highest BCUT2D eigenvalue weighted by Crippen LogP contribution is 2.23. The lowest BCUT2D eigenvalue weighted by Gasteiger charge is -2.07. The average molecular weight is 404 g/mol. The highest BCUT2D eigenvalue weighted by atomic mass is 32.1. The van der Waals surface area contributed by atoms with Crippen molar-refractivity contribution in [3.63, 3.8) is 0 Å². The van der Waals surface area contributed by atoms with E-state index in [1.807, 2.05) is 83.8 Å². The van der Waals surface area contributed by atoms with Crippen molar-refractivity contribution < 1.29 is 4.79 Å². The van der Waals surface area contributed by atoms with Crippen molar-refractivity contribution in [3.8, 4) is 16.9 Å². The van der Waals surface area contributed by atoms with Gasteiger partial charge in [-0.05, 0) is 37.3 Å². The Kier molecular flexibility index (Phi) is 5.67. The maximum atomic E-state index is 12.1. The second kappa shape index (κ2) is 8.70. The van der Waals surface area contributed by atoms with Crippen LogP contribution in [-0.2, 0) is 6.42 Å². The molecule has 0 bridgehead atoms. The highest BCUT2D eigenvalue weighted by Gasteiger charge is 2.06. The van der Waals surface area contributed by atoms with Crippen molar-refractivity contribution in [3.05, 3.63) is 82.9 Å². The minimum absolute atomic E-state index is 0.232. The third kappa shape index (κ3) is 4.89. The maximum absolute atomic E-state index is 12.1. The van der Waals surface area contributed by atoms with E-state index >= 15 is 0 Å². The number of aryl methyl sites for hydroxylation is 1. The number of amides is 2. The zero-order valence-corrected chi connectivity index (χ0v) is 16.8. The van der Waals surface area contributed by atoms with Crippen molar-refractivity contribution >= 4 is 23.1 Å². The molecule has 146 valence electrons. The van der Waals surface area contributed by atoms with E-state index in [-0.39, 0.29) is 6.03 Å². The Balaban J connectivity index is 1.26. The van der Waals surface area contributed by atoms with Crippen LogP contribution in [0.15, 0.2) is 72.2 Å². The Morgan fingerprint density at radius 1 is 1.07 bits per heavy atom. The molecular formula is C22H21N5OS. The number of rotatable bonds is 6. The molecule has 0 fully saturated rings. The second-order valence-electron chi connectivity index (χ2n) is 6.55. The van der Waals surface area contributed by atoms with E-state index < -0.39 is 0 Å². The van der Waals surface area contributed by atoms with Crippen LogP contribution in [0, 0.1) is 6.92 Å². The molecule has 4 aromatic rings. The van der Waals surface area contributed by atoms with Crippen molar-refractivity contribution in [2.45, 2.75) is 13.3 Å². The molecule has 0 radical (unpaired) electrons. The lowest BCUT2D eigenvalue weighted by molar-refractivity contribution is 0.252. The first-order chi connectivity index (χ1) is 14.2. The Bertz CT molecular complexity index is 1090. The smallest absolute Gasteiger partial charge is 0.319 e. The fraction of sp³-hybridized carbons (Fsp3) is 0.136. The third-order valence-electron chi connectivity index (χ3n) is 4.39. The number of benzene rings is 2. The normalized spacial score (nSPS) is 10.7. The van der Waals surface area contributed by atoms with Gasteiger partial charge in [0.1, 0.15) is 0 Å². The first-order valence-corrected chi connectivity index (χ1v) is 10.2. The van der Waals surface area contributed by atoms with Gasteiger partial charge >= 0.3 is 6.03 Å². The topological polar surface area (TPSA) is 71.8 Å². The monoisotopic (exact) mass is 403 g/mol. The molecule has 2 N–H and O–H groups in total. The summed E-state index contributed by atoms with van der Waals surface area (Å²) in [5, 5.41) is 13.3. The second-order valence-corrected chi connectivity index (χ2v) is 7.61. The summed E-state index contributed by atoms with van der Waals surface area (Å²) < 4.78 is 1.83. The summed E-state index contributed by atoms with van der Waals surface area (Å²) in [5.74, 6) is 0. The number of para-hydroxylation sites is 1. The van der Waals surface area contributed by atoms with Gasteiger partial charge in [-0.2, -0.15) is 5.10 Å². The predicted octanol–water partition coefficient (Wildman–Crippen LogP) is 4.67. The fourth-order valence-electron chi connectivity index (χ4n) is 2.92. The number of hydrogen-bond acceptors (Lipinski definition) is 4. The maximum Gasteiger partial charge on any atom is 0.319 e. The minimum Gasteiger partial charge on any atom is -0.337 e. The SMILES string of the molecule is Cc1nc(-c2ccc(NC(=O)NCCc3ccn(-c4ccccc4)n3)cc2)cs1. The van der Waals surface area contributed by atoms with E-state index in [1.54, 1.807) is 11.3 Å². The number of nitrogens with one attached hydrogen (secondary N) is 2. The third-order valence-corrected chi connectivity index (χ3v) is 5.16. The highest BCUT2D eigenvalue weighted by molar-refractivity contribution is 7.09. The number of urea groups is 1. The van der Waals surface area contributed by atoms with Gasteiger partial charge in [-0.1, -0.05) is 30.3 Å². The van der Waals surface area contributed by atoms with Gasteiger partial charge < -0.3 is 10.6 Å². The molecule has 0 atom stereocenters. The summed E-state index contributed by atoms with van der Waals surface area (Å²) in [5.41, 5.74) is 4.68. The van der Waals surface area contributed by atoms with E-state index in [0.717, 1.165) is 33.3 Å². The van der Waals surface area contributed by atoms with Gasteiger partial charge in [0, 0.05) is 35.8 Å². The van der Waals surface area contributed by atoms with Crippen LogP contribution in [0.5, 0.6) is 0 Å². The van der Waals surface area contributed by atoms with Crippen LogP contribution in [0.2, 0.25) is 0 Å². The quantitative estimate of drug-likeness (QED) is 0.491. The summed E-state index contributed by atoms with van der Waals surface area (Å²) in [7, 11) is 0. The van der Waals surface area contributed by atoms with Crippen molar-refractivity contribution in [1.29, 1.82) is 0 Å². The van der Waals surface area contributed by atoms with E-state index in [2.05, 4.69) is 20.7 Å². The molecule has 2 heterocycles. The number of carbonyl (C=O) groups is 1. The van der Waals surface area contributed by atoms with Crippen LogP contribution in [0.1, 0.15) is 10.7 Å². The zero-order valence-electron chi connectivity index (χ0n) is 16.0. The van der Waals surface area contributed by atoms with Gasteiger partial charge in [-0.25, -0.2) is 14.5 Å². The standard InChI is InChI=1S/C22H21N5OS/c1-16-24-21(15-29-16)17-7-9-18(10-8-17)25-22(28)23-13-11-19-12-14-27(26-19)20-5-3-2-4-6-20/h2-10,12,14-15H,11,13H2,1H3,(H2,23,25,28). The summed E-state index contributed by atoms with van der Waals surface area (Å²) in [4.78, 5) is 16.6. The van der Waals surface area contributed by atoms with Gasteiger partial charge in [0.2, 0.25) is 0 Å². The van der Waals surface area contributed by atoms with Gasteiger partial charge in [0.05, 0.1) is 22.1 Å². The van der Waals surface area contributed by atoms with Crippen LogP contribution in [0.4, 0.5) is 10.5 Å². The molecule has 2 aromatic carbocycles. The number of aromatic nitrogens is 3. The Morgan fingerprint density at radius 3 is 2.59 bits per heavy atom. The first kappa shape index (κ1) is 18.9. The van der Waals surface area contributed by atoms with Gasteiger partial charge in [0.25, 0.3) is 0 Å². The number of nitrogens with zero attached hydrogens (tertiary/aromatic N) is 3. The molecule has 6 nitrogen and oxygen atoms in total. The molecule has 2 aromatic heterocycles. The van der Waals surface area contributed by atoms with E-state index in [0.29, 0.717) is 13.0 Å². The molecule has 0 aliphatic heterocycles. The summed E-state index contributed by atoms with van der Waals surface area (Å²) in [6.45, 7) is 2.49. The van der Waals surface area contributed by atoms with Crippen LogP contribution >= 0.6 is 11.3 Å². The number of carbonyl (C=O) groups excluding carboxylic acids is 1. The van der Waals surface area contributed by atoms with Gasteiger partial charge in [-0.15, -0.1) is 11.3 Å². The molecule has 0 aliphatic carbocycles. The van der Waals surface area contributed by atoms with Crippen LogP contribution in [-0.4, -0.2) is 27.3 Å². The molecule has 0 spiro atoms. The zero-order chi connectivity index (χ0) is 20.1. The Morgan fingerprint density at radius 2 is 1.86 bits per heavy atom. The lowest BCUT2D eigenvalue weighted by atomic mass is 10.1. The molecule has 0 saturated carbocycles. The Labute approximate surface area is 173 Å². The van der Waals surface area contributed by atoms with E-state index in [1.165, 1.54) is 0 Å². The molecule has 4 rings (SSSR count). The van der Waals surface area contributed by atoms with Crippen molar-refractivity contribution in [2.75, 3.05) is 11.9 Å². The summed E-state index contributed by atoms with van der Waals surface area (Å²) >= 11 is 1.62. The number of anilines is 1. The van der Waals surface area contributed by atoms with Crippen LogP contribution in [0.25, 0.3) is 16.9 Å². The fourth-order valence-corrected chi connectivity index (χ4v) is 3.54. The van der Waals surface area contributed by atoms with E-state index in [4.69, 9.17) is 0 Å². The van der Waals surface area contributed by atoms with Crippen molar-refractivity contribution in [2.24, 2.45) is 0 Å². The first-order valence-electron chi connectivity index (χ1n) is 9.35. The number of thiazole rings is 1. The molecular weight excluding hydrogens is 382 g/mol. The van der Waals surface area contributed by atoms with Gasteiger partial charge in [0.15, 0.2) is 0 Å². The predicted molar refractivity (Wildman–Crippen MR) is 117 cm³/mol. The Hall–Kier alpha value is -3.45. The summed E-state index contributed by atoms with van der Waals surface area (Å²) in [6, 6.07) is 19.4. The molecule has 0 unspecified atom stereocenters. The van der Waals surface area contributed by atoms with Gasteiger partial charge in [-0.3, -0.25) is 0 Å². The summed E-state index contributed by atoms with van der Waals surface area (Å²) in [6.07, 6.45) is 2.59. The average Bonchev–Trinajstić information content (AvgIpc) is 3.39. The molecule has 0 aliphatic rings. The molecule has 7 heteroatoms. The molecule has 2 amide bonds. The molecule has 29 heavy (non-hydrogen) atoms. The lowest BCUT2D eigenvalue weighted by Crippen LogP contribution is -2.30. The van der Waals surface area contributed by atoms with E-state index in [9.17, 15) is 4.79 Å². The largest absolute Gasteiger partial charge is 0.337 e.